The van der Waals surface area contributed by atoms with Crippen LogP contribution in [0.2, 0.25) is 0 Å². The molecule has 1 aromatic carbocycles. The van der Waals surface area contributed by atoms with Crippen LogP contribution in [0.25, 0.3) is 10.9 Å². The molecule has 0 fully saturated rings. The van der Waals surface area contributed by atoms with E-state index in [4.69, 9.17) is 10.8 Å². The van der Waals surface area contributed by atoms with Crippen LogP contribution in [0, 0.1) is 6.92 Å². The van der Waals surface area contributed by atoms with Crippen LogP contribution in [0.15, 0.2) is 24.3 Å². The van der Waals surface area contributed by atoms with Crippen molar-refractivity contribution < 1.29 is 15.0 Å². The van der Waals surface area contributed by atoms with Gasteiger partial charge in [-0.2, -0.15) is 0 Å². The van der Waals surface area contributed by atoms with Crippen molar-refractivity contribution in [1.29, 1.82) is 0 Å². The van der Waals surface area contributed by atoms with E-state index in [1.807, 2.05) is 19.1 Å². The maximum atomic E-state index is 12.0. The van der Waals surface area contributed by atoms with Crippen molar-refractivity contribution in [3.05, 3.63) is 35.5 Å². The maximum Gasteiger partial charge on any atom is 0.241 e. The Balaban J connectivity index is 2.41. The Morgan fingerprint density at radius 3 is 2.86 bits per heavy atom. The molecule has 0 saturated carbocycles. The van der Waals surface area contributed by atoms with Gasteiger partial charge in [-0.3, -0.25) is 9.78 Å². The van der Waals surface area contributed by atoms with Crippen molar-refractivity contribution in [1.82, 2.24) is 4.98 Å². The van der Waals surface area contributed by atoms with Gasteiger partial charge in [0.05, 0.1) is 23.9 Å². The number of fused-ring (bicyclic) bond motifs is 1. The summed E-state index contributed by atoms with van der Waals surface area (Å²) >= 11 is 0. The van der Waals surface area contributed by atoms with Gasteiger partial charge in [-0.15, -0.1) is 0 Å². The fourth-order valence-corrected chi connectivity index (χ4v) is 2.19. The van der Waals surface area contributed by atoms with E-state index in [1.54, 1.807) is 12.1 Å². The average Bonchev–Trinajstić information content (AvgIpc) is 2.47. The van der Waals surface area contributed by atoms with Crippen LogP contribution in [-0.4, -0.2) is 33.8 Å². The Morgan fingerprint density at radius 1 is 1.43 bits per heavy atom. The summed E-state index contributed by atoms with van der Waals surface area (Å²) < 4.78 is 0. The zero-order valence-electron chi connectivity index (χ0n) is 11.8. The van der Waals surface area contributed by atoms with Crippen LogP contribution < -0.4 is 11.1 Å². The van der Waals surface area contributed by atoms with E-state index in [2.05, 4.69) is 10.3 Å². The molecule has 0 unspecified atom stereocenters. The predicted octanol–water partition coefficient (Wildman–Crippen LogP) is 0.684. The topological polar surface area (TPSA) is 108 Å². The Bertz CT molecular complexity index is 658. The number of hydrogen-bond acceptors (Lipinski definition) is 5. The Hall–Kier alpha value is -2.02. The molecule has 0 radical (unpaired) electrons. The predicted molar refractivity (Wildman–Crippen MR) is 80.7 cm³/mol. The van der Waals surface area contributed by atoms with E-state index in [9.17, 15) is 9.90 Å². The maximum absolute atomic E-state index is 12.0. The first-order valence-corrected chi connectivity index (χ1v) is 6.74. The number of amides is 1. The second-order valence-corrected chi connectivity index (χ2v) is 4.89. The van der Waals surface area contributed by atoms with E-state index in [0.29, 0.717) is 11.2 Å². The molecule has 1 aromatic heterocycles. The van der Waals surface area contributed by atoms with E-state index in [1.165, 1.54) is 0 Å². The molecule has 2 aromatic rings. The lowest BCUT2D eigenvalue weighted by molar-refractivity contribution is -0.117. The highest BCUT2D eigenvalue weighted by Crippen LogP contribution is 2.25. The SMILES string of the molecule is Cc1cc(CO)c2cccc(NC(=O)[C@H](N)CCO)c2n1. The summed E-state index contributed by atoms with van der Waals surface area (Å²) in [6.45, 7) is 1.59. The lowest BCUT2D eigenvalue weighted by Gasteiger charge is -2.14. The Labute approximate surface area is 122 Å². The van der Waals surface area contributed by atoms with Crippen LogP contribution in [0.4, 0.5) is 5.69 Å². The van der Waals surface area contributed by atoms with Crippen molar-refractivity contribution in [2.24, 2.45) is 5.73 Å². The van der Waals surface area contributed by atoms with Crippen molar-refractivity contribution in [3.63, 3.8) is 0 Å². The van der Waals surface area contributed by atoms with E-state index < -0.39 is 6.04 Å². The minimum absolute atomic E-state index is 0.0959. The lowest BCUT2D eigenvalue weighted by atomic mass is 10.1. The van der Waals surface area contributed by atoms with Crippen molar-refractivity contribution in [2.45, 2.75) is 26.0 Å². The lowest BCUT2D eigenvalue weighted by Crippen LogP contribution is -2.36. The van der Waals surface area contributed by atoms with Gasteiger partial charge in [-0.05, 0) is 31.0 Å². The zero-order chi connectivity index (χ0) is 15.4. The van der Waals surface area contributed by atoms with Gasteiger partial charge in [0.1, 0.15) is 0 Å². The highest BCUT2D eigenvalue weighted by atomic mass is 16.3. The number of carbonyl (C=O) groups excluding carboxylic acids is 1. The van der Waals surface area contributed by atoms with Crippen LogP contribution in [0.1, 0.15) is 17.7 Å². The van der Waals surface area contributed by atoms with Crippen molar-refractivity contribution in [2.75, 3.05) is 11.9 Å². The number of rotatable bonds is 5. The molecular weight excluding hydrogens is 270 g/mol. The second-order valence-electron chi connectivity index (χ2n) is 4.89. The second kappa shape index (κ2) is 6.62. The first-order chi connectivity index (χ1) is 10.1. The summed E-state index contributed by atoms with van der Waals surface area (Å²) in [6.07, 6.45) is 0.199. The molecule has 1 atom stereocenters. The van der Waals surface area contributed by atoms with Gasteiger partial charge in [0, 0.05) is 17.7 Å². The number of aliphatic hydroxyl groups is 2. The standard InChI is InChI=1S/C15H19N3O3/c1-9-7-10(8-20)11-3-2-4-13(14(11)17-9)18-15(21)12(16)5-6-19/h2-4,7,12,19-20H,5-6,8,16H2,1H3,(H,18,21)/t12-/m1/s1. The fourth-order valence-electron chi connectivity index (χ4n) is 2.19. The quantitative estimate of drug-likeness (QED) is 0.647. The number of nitrogens with two attached hydrogens (primary N) is 1. The molecule has 0 bridgehead atoms. The van der Waals surface area contributed by atoms with Crippen LogP contribution in [-0.2, 0) is 11.4 Å². The molecule has 2 rings (SSSR count). The van der Waals surface area contributed by atoms with Gasteiger partial charge in [0.25, 0.3) is 0 Å². The molecule has 0 aliphatic rings. The number of carbonyl (C=O) groups is 1. The number of hydrogen-bond donors (Lipinski definition) is 4. The molecule has 21 heavy (non-hydrogen) atoms. The van der Waals surface area contributed by atoms with E-state index in [-0.39, 0.29) is 25.5 Å². The molecule has 0 saturated heterocycles. The Morgan fingerprint density at radius 2 is 2.19 bits per heavy atom. The first kappa shape index (κ1) is 15.4. The van der Waals surface area contributed by atoms with E-state index >= 15 is 0 Å². The monoisotopic (exact) mass is 289 g/mol. The fraction of sp³-hybridized carbons (Fsp3) is 0.333. The third-order valence-electron chi connectivity index (χ3n) is 3.26. The van der Waals surface area contributed by atoms with Gasteiger partial charge in [-0.25, -0.2) is 0 Å². The number of aryl methyl sites for hydroxylation is 1. The summed E-state index contributed by atoms with van der Waals surface area (Å²) in [6, 6.07) is 6.40. The summed E-state index contributed by atoms with van der Waals surface area (Å²) in [5.41, 5.74) is 8.35. The normalized spacial score (nSPS) is 12.4. The van der Waals surface area contributed by atoms with Gasteiger partial charge >= 0.3 is 0 Å². The van der Waals surface area contributed by atoms with Crippen LogP contribution in [0.3, 0.4) is 0 Å². The zero-order valence-corrected chi connectivity index (χ0v) is 11.8. The average molecular weight is 289 g/mol. The third kappa shape index (κ3) is 3.36. The van der Waals surface area contributed by atoms with Crippen LogP contribution in [0.5, 0.6) is 0 Å². The number of aromatic nitrogens is 1. The molecule has 1 amide bonds. The minimum atomic E-state index is -0.771. The number of benzene rings is 1. The van der Waals surface area contributed by atoms with Gasteiger partial charge in [0.2, 0.25) is 5.91 Å². The minimum Gasteiger partial charge on any atom is -0.396 e. The molecule has 112 valence electrons. The third-order valence-corrected chi connectivity index (χ3v) is 3.26. The Kier molecular flexibility index (Phi) is 4.85. The summed E-state index contributed by atoms with van der Waals surface area (Å²) in [4.78, 5) is 16.4. The first-order valence-electron chi connectivity index (χ1n) is 6.74. The molecule has 0 aliphatic carbocycles. The highest BCUT2D eigenvalue weighted by molar-refractivity contribution is 6.02. The summed E-state index contributed by atoms with van der Waals surface area (Å²) in [7, 11) is 0. The number of nitrogens with zero attached hydrogens (tertiary/aromatic N) is 1. The summed E-state index contributed by atoms with van der Waals surface area (Å²) in [5, 5.41) is 21.8. The molecule has 6 nitrogen and oxygen atoms in total. The molecular formula is C15H19N3O3. The molecule has 0 spiro atoms. The number of anilines is 1. The molecule has 0 aliphatic heterocycles. The summed E-state index contributed by atoms with van der Waals surface area (Å²) in [5.74, 6) is -0.370. The number of nitrogens with one attached hydrogen (secondary N) is 1. The smallest absolute Gasteiger partial charge is 0.241 e. The van der Waals surface area contributed by atoms with Gasteiger partial charge < -0.3 is 21.3 Å². The number of aliphatic hydroxyl groups excluding tert-OH is 2. The van der Waals surface area contributed by atoms with Crippen LogP contribution >= 0.6 is 0 Å². The molecule has 6 heteroatoms. The van der Waals surface area contributed by atoms with E-state index in [0.717, 1.165) is 16.6 Å². The van der Waals surface area contributed by atoms with Crippen molar-refractivity contribution in [3.8, 4) is 0 Å². The molecule has 1 heterocycles. The largest absolute Gasteiger partial charge is 0.396 e. The van der Waals surface area contributed by atoms with Gasteiger partial charge in [-0.1, -0.05) is 12.1 Å². The van der Waals surface area contributed by atoms with Gasteiger partial charge in [0.15, 0.2) is 0 Å². The number of pyridine rings is 1. The highest BCUT2D eigenvalue weighted by Gasteiger charge is 2.15. The van der Waals surface area contributed by atoms with Crippen molar-refractivity contribution >= 4 is 22.5 Å². The number of para-hydroxylation sites is 1. The molecule has 5 N–H and O–H groups in total.